The van der Waals surface area contributed by atoms with E-state index in [0.29, 0.717) is 24.4 Å². The Labute approximate surface area is 213 Å². The minimum absolute atomic E-state index is 0. The van der Waals surface area contributed by atoms with E-state index in [1.165, 1.54) is 19.4 Å². The summed E-state index contributed by atoms with van der Waals surface area (Å²) in [4.78, 5) is 29.7. The Kier molecular flexibility index (Phi) is 10.8. The maximum Gasteiger partial charge on any atom is 1.00 e. The van der Waals surface area contributed by atoms with Crippen LogP contribution in [0.2, 0.25) is 0 Å². The number of hydrogen-bond acceptors (Lipinski definition) is 7. The monoisotopic (exact) mass is 485 g/mol. The summed E-state index contributed by atoms with van der Waals surface area (Å²) in [6.45, 7) is 6.44. The first-order valence-electron chi connectivity index (χ1n) is 7.64. The molecule has 1 aliphatic rings. The van der Waals surface area contributed by atoms with E-state index in [1.807, 2.05) is 0 Å². The zero-order valence-electron chi connectivity index (χ0n) is 16.4. The zero-order valence-corrected chi connectivity index (χ0v) is 22.6. The van der Waals surface area contributed by atoms with E-state index in [0.717, 1.165) is 0 Å². The molecular formula is C17H26CsN3O5. The molecule has 2 heterocycles. The van der Waals surface area contributed by atoms with Crippen LogP contribution in [-0.2, 0) is 14.2 Å². The summed E-state index contributed by atoms with van der Waals surface area (Å²) in [5.41, 5.74) is 6.46. The van der Waals surface area contributed by atoms with Crippen LogP contribution in [0.3, 0.4) is 0 Å². The van der Waals surface area contributed by atoms with Gasteiger partial charge in [0, 0.05) is 12.1 Å². The quantitative estimate of drug-likeness (QED) is 0.433. The van der Waals surface area contributed by atoms with Gasteiger partial charge in [-0.25, -0.2) is 14.6 Å². The van der Waals surface area contributed by atoms with Gasteiger partial charge in [-0.2, -0.15) is 0 Å². The minimum Gasteiger partial charge on any atom is -0.464 e. The smallest absolute Gasteiger partial charge is 0.464 e. The van der Waals surface area contributed by atoms with Crippen molar-refractivity contribution in [1.29, 1.82) is 0 Å². The summed E-state index contributed by atoms with van der Waals surface area (Å²) in [6, 6.07) is 1.07. The molecule has 1 saturated heterocycles. The van der Waals surface area contributed by atoms with Gasteiger partial charge in [-0.3, -0.25) is 4.90 Å². The molecule has 1 atom stereocenters. The van der Waals surface area contributed by atoms with Crippen molar-refractivity contribution in [2.45, 2.75) is 32.4 Å². The Bertz CT molecular complexity index is 633. The third kappa shape index (κ3) is 6.70. The van der Waals surface area contributed by atoms with Crippen LogP contribution in [0.25, 0.3) is 0 Å². The fourth-order valence-electron chi connectivity index (χ4n) is 2.39. The zero-order chi connectivity index (χ0) is 17.9. The number of nitrogen functional groups attached to an aromatic ring is 1. The second-order valence-electron chi connectivity index (χ2n) is 6.45. The molecule has 2 N–H and O–H groups in total. The van der Waals surface area contributed by atoms with E-state index in [9.17, 15) is 9.59 Å². The van der Waals surface area contributed by atoms with E-state index in [-0.39, 0.29) is 88.6 Å². The second kappa shape index (κ2) is 10.9. The number of esters is 1. The van der Waals surface area contributed by atoms with E-state index in [1.54, 1.807) is 25.7 Å². The summed E-state index contributed by atoms with van der Waals surface area (Å²) >= 11 is 0. The Balaban J connectivity index is 0.00000312. The van der Waals surface area contributed by atoms with Crippen LogP contribution in [0.4, 0.5) is 10.5 Å². The van der Waals surface area contributed by atoms with Crippen LogP contribution in [0.15, 0.2) is 12.3 Å². The molecule has 0 saturated carbocycles. The van der Waals surface area contributed by atoms with Gasteiger partial charge in [-0.1, -0.05) is 0 Å². The summed E-state index contributed by atoms with van der Waals surface area (Å²) in [5, 5.41) is 0. The molecule has 2 rings (SSSR count). The summed E-state index contributed by atoms with van der Waals surface area (Å²) < 4.78 is 15.6. The molecule has 0 bridgehead atoms. The molecule has 0 aromatic carbocycles. The van der Waals surface area contributed by atoms with Crippen molar-refractivity contribution in [3.63, 3.8) is 0 Å². The standard InChI is InChI=1S/C16H23N3O5.CH3.Cs/c1-16(2,3)24-15(21)19-5-6-23-9-13(19)10-7-12(14(20)22-4)18-8-11(10)17;;/h7-8,13H,5-6,9,17H2,1-4H3;1H3;/q;-1;+1. The number of morpholine rings is 1. The van der Waals surface area contributed by atoms with E-state index < -0.39 is 23.7 Å². The molecule has 1 aromatic heterocycles. The maximum absolute atomic E-state index is 12.5. The first kappa shape index (κ1) is 25.7. The van der Waals surface area contributed by atoms with Crippen molar-refractivity contribution in [2.24, 2.45) is 0 Å². The van der Waals surface area contributed by atoms with E-state index in [4.69, 9.17) is 15.2 Å². The molecule has 9 heteroatoms. The molecule has 1 fully saturated rings. The first-order valence-corrected chi connectivity index (χ1v) is 7.64. The van der Waals surface area contributed by atoms with E-state index in [2.05, 4.69) is 9.72 Å². The molecule has 140 valence electrons. The number of hydrogen-bond donors (Lipinski definition) is 1. The van der Waals surface area contributed by atoms with Crippen molar-refractivity contribution in [2.75, 3.05) is 32.6 Å². The fraction of sp³-hybridized carbons (Fsp3) is 0.529. The SMILES string of the molecule is COC(=O)c1cc(C2COCCN2C(=O)OC(C)(C)C)c(N)cn1.[CH3-].[Cs+]. The number of methoxy groups -OCH3 is 1. The number of pyridine rings is 1. The van der Waals surface area contributed by atoms with Gasteiger partial charge in [0.25, 0.3) is 0 Å². The number of nitrogens with two attached hydrogens (primary N) is 1. The molecule has 1 amide bonds. The fourth-order valence-corrected chi connectivity index (χ4v) is 2.39. The van der Waals surface area contributed by atoms with Gasteiger partial charge in [0.15, 0.2) is 0 Å². The Morgan fingerprint density at radius 2 is 2.04 bits per heavy atom. The molecular weight excluding hydrogens is 459 g/mol. The number of ether oxygens (including phenoxy) is 3. The van der Waals surface area contributed by atoms with Gasteiger partial charge in [0.05, 0.1) is 38.2 Å². The molecule has 0 spiro atoms. The summed E-state index contributed by atoms with van der Waals surface area (Å²) in [6.07, 6.45) is 0.926. The van der Waals surface area contributed by atoms with Gasteiger partial charge in [0.1, 0.15) is 11.3 Å². The maximum atomic E-state index is 12.5. The predicted octanol–water partition coefficient (Wildman–Crippen LogP) is -0.787. The number of anilines is 1. The van der Waals surface area contributed by atoms with Crippen molar-refractivity contribution in [3.8, 4) is 0 Å². The largest absolute Gasteiger partial charge is 1.00 e. The molecule has 0 aliphatic carbocycles. The van der Waals surface area contributed by atoms with Gasteiger partial charge >= 0.3 is 81.0 Å². The minimum atomic E-state index is -0.610. The van der Waals surface area contributed by atoms with Crippen LogP contribution in [0.1, 0.15) is 42.9 Å². The average molecular weight is 485 g/mol. The molecule has 8 nitrogen and oxygen atoms in total. The van der Waals surface area contributed by atoms with Crippen LogP contribution < -0.4 is 74.6 Å². The second-order valence-corrected chi connectivity index (χ2v) is 6.45. The van der Waals surface area contributed by atoms with Crippen molar-refractivity contribution in [1.82, 2.24) is 9.88 Å². The van der Waals surface area contributed by atoms with Crippen LogP contribution in [0.5, 0.6) is 0 Å². The number of carbonyl (C=O) groups excluding carboxylic acids is 2. The summed E-state index contributed by atoms with van der Waals surface area (Å²) in [5.74, 6) is -0.572. The third-order valence-corrected chi connectivity index (χ3v) is 3.48. The van der Waals surface area contributed by atoms with Gasteiger partial charge in [-0.05, 0) is 26.8 Å². The topological polar surface area (TPSA) is 104 Å². The van der Waals surface area contributed by atoms with Crippen molar-refractivity contribution < 1.29 is 92.7 Å². The number of aromatic nitrogens is 1. The Morgan fingerprint density at radius 1 is 1.38 bits per heavy atom. The third-order valence-electron chi connectivity index (χ3n) is 3.48. The average Bonchev–Trinajstić information content (AvgIpc) is 2.53. The molecule has 0 radical (unpaired) electrons. The predicted molar refractivity (Wildman–Crippen MR) is 92.9 cm³/mol. The van der Waals surface area contributed by atoms with Gasteiger partial charge in [-0.15, -0.1) is 0 Å². The summed E-state index contributed by atoms with van der Waals surface area (Å²) in [7, 11) is 1.27. The van der Waals surface area contributed by atoms with E-state index >= 15 is 0 Å². The molecule has 26 heavy (non-hydrogen) atoms. The Hall–Kier alpha value is -0.298. The molecule has 1 aromatic rings. The van der Waals surface area contributed by atoms with Crippen LogP contribution >= 0.6 is 0 Å². The normalized spacial score (nSPS) is 16.8. The van der Waals surface area contributed by atoms with Crippen LogP contribution in [0, 0.1) is 7.43 Å². The van der Waals surface area contributed by atoms with Crippen LogP contribution in [-0.4, -0.2) is 54.4 Å². The number of nitrogens with zero attached hydrogens (tertiary/aromatic N) is 2. The van der Waals surface area contributed by atoms with Gasteiger partial charge in [0.2, 0.25) is 0 Å². The van der Waals surface area contributed by atoms with Crippen molar-refractivity contribution >= 4 is 17.7 Å². The molecule has 1 aliphatic heterocycles. The van der Waals surface area contributed by atoms with Gasteiger partial charge < -0.3 is 27.4 Å². The number of amides is 1. The Morgan fingerprint density at radius 3 is 2.62 bits per heavy atom. The number of carbonyl (C=O) groups is 2. The first-order chi connectivity index (χ1) is 11.2. The number of rotatable bonds is 2. The van der Waals surface area contributed by atoms with Crippen molar-refractivity contribution in [3.05, 3.63) is 30.9 Å². The molecule has 1 unspecified atom stereocenters.